The average molecular weight is 459 g/mol. The fraction of sp³-hybridized carbons (Fsp3) is 0.350. The first-order chi connectivity index (χ1) is 13.7. The van der Waals surface area contributed by atoms with Crippen molar-refractivity contribution < 1.29 is 17.9 Å². The van der Waals surface area contributed by atoms with E-state index in [1.54, 1.807) is 0 Å². The lowest BCUT2D eigenvalue weighted by Gasteiger charge is -2.22. The van der Waals surface area contributed by atoms with Gasteiger partial charge in [0.2, 0.25) is 15.9 Å². The molecule has 6 nitrogen and oxygen atoms in total. The van der Waals surface area contributed by atoms with E-state index in [-0.39, 0.29) is 17.3 Å². The van der Waals surface area contributed by atoms with Gasteiger partial charge < -0.3 is 10.1 Å². The summed E-state index contributed by atoms with van der Waals surface area (Å²) in [4.78, 5) is 12.3. The molecule has 0 aromatic heterocycles. The molecule has 0 aliphatic rings. The van der Waals surface area contributed by atoms with Gasteiger partial charge in [0, 0.05) is 6.54 Å². The average Bonchev–Trinajstić information content (AvgIpc) is 2.66. The van der Waals surface area contributed by atoms with Gasteiger partial charge in [0.25, 0.3) is 0 Å². The van der Waals surface area contributed by atoms with Crippen molar-refractivity contribution in [2.45, 2.75) is 19.8 Å². The van der Waals surface area contributed by atoms with Crippen LogP contribution in [-0.4, -0.2) is 40.3 Å². The van der Waals surface area contributed by atoms with E-state index in [1.165, 1.54) is 18.2 Å². The van der Waals surface area contributed by atoms with Crippen molar-refractivity contribution in [2.75, 3.05) is 30.3 Å². The van der Waals surface area contributed by atoms with E-state index in [9.17, 15) is 13.2 Å². The Morgan fingerprint density at radius 3 is 2.52 bits per heavy atom. The molecule has 0 aliphatic carbocycles. The van der Waals surface area contributed by atoms with Gasteiger partial charge in [-0.2, -0.15) is 0 Å². The molecular formula is C20H24Cl2N2O4S. The molecule has 0 saturated heterocycles. The third-order valence-corrected chi connectivity index (χ3v) is 5.98. The van der Waals surface area contributed by atoms with Crippen molar-refractivity contribution in [1.29, 1.82) is 0 Å². The molecule has 0 unspecified atom stereocenters. The van der Waals surface area contributed by atoms with Crippen molar-refractivity contribution in [1.82, 2.24) is 5.32 Å². The number of sulfonamides is 1. The zero-order valence-electron chi connectivity index (χ0n) is 16.3. The summed E-state index contributed by atoms with van der Waals surface area (Å²) in [6.07, 6.45) is 2.47. The number of hydrogen-bond donors (Lipinski definition) is 1. The zero-order valence-corrected chi connectivity index (χ0v) is 18.6. The number of carbonyl (C=O) groups excluding carboxylic acids is 1. The molecule has 2 aromatic rings. The minimum Gasteiger partial charge on any atom is -0.494 e. The molecule has 2 aromatic carbocycles. The van der Waals surface area contributed by atoms with Gasteiger partial charge in [-0.3, -0.25) is 9.10 Å². The smallest absolute Gasteiger partial charge is 0.240 e. The first-order valence-electron chi connectivity index (χ1n) is 9.12. The molecule has 9 heteroatoms. The molecule has 0 saturated carbocycles. The Kier molecular flexibility index (Phi) is 8.61. The van der Waals surface area contributed by atoms with Crippen LogP contribution in [0.5, 0.6) is 5.75 Å². The summed E-state index contributed by atoms with van der Waals surface area (Å²) in [5.74, 6) is 0.434. The number of para-hydroxylation sites is 1. The third-order valence-electron chi connectivity index (χ3n) is 4.10. The normalized spacial score (nSPS) is 11.2. The fourth-order valence-corrected chi connectivity index (χ4v) is 3.88. The van der Waals surface area contributed by atoms with Gasteiger partial charge in [0.15, 0.2) is 0 Å². The molecule has 0 atom stereocenters. The molecule has 0 bridgehead atoms. The number of nitrogens with one attached hydrogen (secondary N) is 1. The largest absolute Gasteiger partial charge is 0.494 e. The van der Waals surface area contributed by atoms with Gasteiger partial charge in [0.05, 0.1) is 28.6 Å². The molecule has 2 rings (SSSR count). The SMILES string of the molecule is CCOc1ccccc1CCCNC(=O)CN(c1ccc(Cl)c(Cl)c1)S(C)(=O)=O. The van der Waals surface area contributed by atoms with Gasteiger partial charge in [-0.05, 0) is 49.6 Å². The van der Waals surface area contributed by atoms with Crippen LogP contribution in [0.15, 0.2) is 42.5 Å². The minimum atomic E-state index is -3.67. The summed E-state index contributed by atoms with van der Waals surface area (Å²) in [7, 11) is -3.67. The van der Waals surface area contributed by atoms with Gasteiger partial charge in [-0.1, -0.05) is 41.4 Å². The van der Waals surface area contributed by atoms with Crippen LogP contribution in [0.3, 0.4) is 0 Å². The molecule has 1 N–H and O–H groups in total. The van der Waals surface area contributed by atoms with Crippen LogP contribution in [0.1, 0.15) is 18.9 Å². The summed E-state index contributed by atoms with van der Waals surface area (Å²) in [6.45, 7) is 2.59. The predicted molar refractivity (Wildman–Crippen MR) is 118 cm³/mol. The van der Waals surface area contributed by atoms with Gasteiger partial charge in [-0.15, -0.1) is 0 Å². The standard InChI is InChI=1S/C20H24Cl2N2O4S/c1-3-28-19-9-5-4-7-15(19)8-6-12-23-20(25)14-24(29(2,26)27)16-10-11-17(21)18(22)13-16/h4-5,7,9-11,13H,3,6,8,12,14H2,1-2H3,(H,23,25). The Bertz CT molecular complexity index is 951. The van der Waals surface area contributed by atoms with Gasteiger partial charge in [-0.25, -0.2) is 8.42 Å². The van der Waals surface area contributed by atoms with E-state index in [2.05, 4.69) is 5.32 Å². The number of benzene rings is 2. The lowest BCUT2D eigenvalue weighted by molar-refractivity contribution is -0.119. The number of aryl methyl sites for hydroxylation is 1. The predicted octanol–water partition coefficient (Wildman–Crippen LogP) is 3.91. The molecule has 0 aliphatic heterocycles. The Balaban J connectivity index is 1.93. The second-order valence-corrected chi connectivity index (χ2v) is 9.08. The number of rotatable bonds is 10. The quantitative estimate of drug-likeness (QED) is 0.547. The van der Waals surface area contributed by atoms with Crippen LogP contribution in [0, 0.1) is 0 Å². The van der Waals surface area contributed by atoms with Crippen LogP contribution in [-0.2, 0) is 21.2 Å². The number of nitrogens with zero attached hydrogens (tertiary/aromatic N) is 1. The zero-order chi connectivity index (χ0) is 21.4. The maximum absolute atomic E-state index is 12.3. The Morgan fingerprint density at radius 2 is 1.86 bits per heavy atom. The van der Waals surface area contributed by atoms with Crippen molar-refractivity contribution in [3.63, 3.8) is 0 Å². The van der Waals surface area contributed by atoms with Crippen molar-refractivity contribution >= 4 is 44.8 Å². The van der Waals surface area contributed by atoms with Crippen LogP contribution >= 0.6 is 23.2 Å². The first-order valence-corrected chi connectivity index (χ1v) is 11.7. The fourth-order valence-electron chi connectivity index (χ4n) is 2.74. The van der Waals surface area contributed by atoms with E-state index in [1.807, 2.05) is 31.2 Å². The summed E-state index contributed by atoms with van der Waals surface area (Å²) in [5, 5.41) is 3.28. The highest BCUT2D eigenvalue weighted by Crippen LogP contribution is 2.28. The van der Waals surface area contributed by atoms with E-state index < -0.39 is 15.9 Å². The lowest BCUT2D eigenvalue weighted by atomic mass is 10.1. The third kappa shape index (κ3) is 7.10. The minimum absolute atomic E-state index is 0.214. The second-order valence-electron chi connectivity index (χ2n) is 6.36. The molecule has 0 radical (unpaired) electrons. The van der Waals surface area contributed by atoms with E-state index in [0.29, 0.717) is 24.6 Å². The number of halogens is 2. The van der Waals surface area contributed by atoms with Gasteiger partial charge in [0.1, 0.15) is 12.3 Å². The van der Waals surface area contributed by atoms with Crippen LogP contribution < -0.4 is 14.4 Å². The lowest BCUT2D eigenvalue weighted by Crippen LogP contribution is -2.40. The molecule has 0 spiro atoms. The summed E-state index contributed by atoms with van der Waals surface area (Å²) >= 11 is 11.9. The number of hydrogen-bond acceptors (Lipinski definition) is 4. The summed E-state index contributed by atoms with van der Waals surface area (Å²) in [6, 6.07) is 12.2. The Labute approximate surface area is 181 Å². The topological polar surface area (TPSA) is 75.7 Å². The van der Waals surface area contributed by atoms with Crippen molar-refractivity contribution in [3.8, 4) is 5.75 Å². The highest BCUT2D eigenvalue weighted by atomic mass is 35.5. The number of anilines is 1. The van der Waals surface area contributed by atoms with Crippen LogP contribution in [0.2, 0.25) is 10.0 Å². The highest BCUT2D eigenvalue weighted by molar-refractivity contribution is 7.92. The monoisotopic (exact) mass is 458 g/mol. The van der Waals surface area contributed by atoms with Crippen LogP contribution in [0.25, 0.3) is 0 Å². The van der Waals surface area contributed by atoms with E-state index in [0.717, 1.165) is 28.3 Å². The molecule has 158 valence electrons. The van der Waals surface area contributed by atoms with Gasteiger partial charge >= 0.3 is 0 Å². The van der Waals surface area contributed by atoms with E-state index in [4.69, 9.17) is 27.9 Å². The molecular weight excluding hydrogens is 435 g/mol. The highest BCUT2D eigenvalue weighted by Gasteiger charge is 2.21. The maximum Gasteiger partial charge on any atom is 0.240 e. The molecule has 0 fully saturated rings. The molecule has 29 heavy (non-hydrogen) atoms. The maximum atomic E-state index is 12.3. The first kappa shape index (κ1) is 23.3. The van der Waals surface area contributed by atoms with E-state index >= 15 is 0 Å². The van der Waals surface area contributed by atoms with Crippen LogP contribution in [0.4, 0.5) is 5.69 Å². The summed E-state index contributed by atoms with van der Waals surface area (Å²) < 4.78 is 30.9. The Hall–Kier alpha value is -1.96. The molecule has 0 heterocycles. The number of carbonyl (C=O) groups is 1. The van der Waals surface area contributed by atoms with Crippen molar-refractivity contribution in [3.05, 3.63) is 58.1 Å². The van der Waals surface area contributed by atoms with Crippen molar-refractivity contribution in [2.24, 2.45) is 0 Å². The second kappa shape index (κ2) is 10.7. The summed E-state index contributed by atoms with van der Waals surface area (Å²) in [5.41, 5.74) is 1.35. The number of amides is 1. The molecule has 1 amide bonds. The Morgan fingerprint density at radius 1 is 1.14 bits per heavy atom. The number of ether oxygens (including phenoxy) is 1.